The second kappa shape index (κ2) is 28.6. The van der Waals surface area contributed by atoms with E-state index in [2.05, 4.69) is 37.6 Å². The van der Waals surface area contributed by atoms with Crippen molar-refractivity contribution in [3.63, 3.8) is 0 Å². The predicted molar refractivity (Wildman–Crippen MR) is 246 cm³/mol. The Bertz CT molecular complexity index is 3450. The summed E-state index contributed by atoms with van der Waals surface area (Å²) in [5.74, 6) is -2.30. The number of hydrogen-bond acceptors (Lipinski definition) is 40. The van der Waals surface area contributed by atoms with Crippen LogP contribution in [0.25, 0.3) is 0 Å². The van der Waals surface area contributed by atoms with Crippen molar-refractivity contribution in [1.82, 2.24) is 0 Å². The molecule has 59 heteroatoms. The lowest BCUT2D eigenvalue weighted by atomic mass is 9.98. The average molecular weight is 1470 g/mol. The quantitative estimate of drug-likeness (QED) is 0.0310. The molecule has 5 fully saturated rings. The highest BCUT2D eigenvalue weighted by molar-refractivity contribution is 7.82. The van der Waals surface area contributed by atoms with Crippen molar-refractivity contribution >= 4 is 99.6 Å². The van der Waals surface area contributed by atoms with Crippen LogP contribution in [0, 0.1) is 0 Å². The van der Waals surface area contributed by atoms with Crippen molar-refractivity contribution in [3.05, 3.63) is 0 Å². The van der Waals surface area contributed by atoms with E-state index in [0.29, 0.717) is 7.11 Å². The number of aliphatic carboxylic acids is 1. The Kier molecular flexibility index (Phi) is 24.8. The van der Waals surface area contributed by atoms with Crippen molar-refractivity contribution < 1.29 is 221 Å². The van der Waals surface area contributed by atoms with Gasteiger partial charge < -0.3 is 62.3 Å². The first kappa shape index (κ1) is 75.5. The maximum Gasteiger partial charge on any atom is 0.397 e. The van der Waals surface area contributed by atoms with Gasteiger partial charge in [-0.05, 0) is 0 Å². The molecule has 0 amide bonds. The van der Waals surface area contributed by atoms with Gasteiger partial charge in [-0.15, -0.1) is 0 Å². The zero-order valence-corrected chi connectivity index (χ0v) is 49.3. The number of aliphatic hydroxyl groups is 1. The molecular formula is C28H46O50S9. The lowest BCUT2D eigenvalue weighted by Gasteiger charge is -2.48. The second-order valence-corrected chi connectivity index (χ2v) is 26.5. The summed E-state index contributed by atoms with van der Waals surface area (Å²) < 4.78 is 405. The molecule has 5 rings (SSSR count). The van der Waals surface area contributed by atoms with E-state index < -0.39 is 255 Å². The van der Waals surface area contributed by atoms with Crippen LogP contribution >= 0.6 is 0 Å². The molecule has 0 aromatic heterocycles. The van der Waals surface area contributed by atoms with Gasteiger partial charge >= 0.3 is 99.6 Å². The maximum absolute atomic E-state index is 12.8. The number of rotatable bonds is 29. The molecule has 0 saturated carbocycles. The summed E-state index contributed by atoms with van der Waals surface area (Å²) in [6, 6.07) is 0. The van der Waals surface area contributed by atoms with E-state index in [1.54, 1.807) is 0 Å². The zero-order chi connectivity index (χ0) is 66.2. The Balaban J connectivity index is 1.71. The summed E-state index contributed by atoms with van der Waals surface area (Å²) in [6.45, 7) is -5.65. The molecule has 0 bridgehead atoms. The van der Waals surface area contributed by atoms with Crippen LogP contribution in [0.5, 0.6) is 0 Å². The van der Waals surface area contributed by atoms with E-state index >= 15 is 0 Å². The van der Waals surface area contributed by atoms with E-state index in [1.807, 2.05) is 0 Å². The zero-order valence-electron chi connectivity index (χ0n) is 42.0. The second-order valence-electron chi connectivity index (χ2n) is 17.1. The van der Waals surface area contributed by atoms with Gasteiger partial charge in [-0.3, -0.25) is 41.0 Å². The van der Waals surface area contributed by atoms with Crippen LogP contribution in [-0.2, 0) is 188 Å². The van der Waals surface area contributed by atoms with Crippen LogP contribution in [0.4, 0.5) is 0 Å². The monoisotopic (exact) mass is 1470 g/mol. The molecule has 21 atom stereocenters. The van der Waals surface area contributed by atoms with Crippen molar-refractivity contribution in [2.45, 2.75) is 129 Å². The van der Waals surface area contributed by atoms with E-state index in [0.717, 1.165) is 7.11 Å². The minimum Gasteiger partial charge on any atom is -0.479 e. The molecule has 0 aromatic carbocycles. The molecule has 0 spiro atoms. The van der Waals surface area contributed by atoms with E-state index in [9.17, 15) is 132 Å². The van der Waals surface area contributed by atoms with Crippen molar-refractivity contribution in [3.8, 4) is 0 Å². The lowest BCUT2D eigenvalue weighted by Crippen LogP contribution is -2.67. The molecular weight excluding hydrogens is 1420 g/mol. The van der Waals surface area contributed by atoms with Gasteiger partial charge in [-0.2, -0.15) is 75.8 Å². The fourth-order valence-electron chi connectivity index (χ4n) is 8.33. The summed E-state index contributed by atoms with van der Waals surface area (Å²) in [4.78, 5) is 12.6. The Hall–Kier alpha value is -2.18. The number of carboxylic acids is 1. The normalized spacial score (nSPS) is 36.7. The van der Waals surface area contributed by atoms with Gasteiger partial charge in [-0.25, -0.2) is 42.4 Å². The SMILES string of the molecule is COC1COC(OC2COC(OC3COC(OC4COC(O)C(OS(=O)(=O)O)C4OS(=O)(=O)O)C(OC4OC(C(=O)O)C(OC)C(OS(=O)(=O)O)C4OS(=O)(=O)O)C3OS(=O)(=O)O)C(OS(=O)(=O)O)C2OS(=O)(=O)O)C(OS(=O)(=O)O)C1OS(=O)(=O)O. The van der Waals surface area contributed by atoms with E-state index in [-0.39, 0.29) is 0 Å². The Morgan fingerprint density at radius 3 is 0.920 bits per heavy atom. The molecule has 0 radical (unpaired) electrons. The first-order chi connectivity index (χ1) is 39.3. The van der Waals surface area contributed by atoms with Crippen LogP contribution in [0.15, 0.2) is 0 Å². The number of aliphatic hydroxyl groups excluding tert-OH is 1. The number of carboxylic acid groups (broad SMARTS) is 1. The summed E-state index contributed by atoms with van der Waals surface area (Å²) >= 11 is 0. The molecule has 512 valence electrons. The third-order valence-electron chi connectivity index (χ3n) is 11.2. The number of carbonyl (C=O) groups is 1. The fraction of sp³-hybridized carbons (Fsp3) is 0.964. The van der Waals surface area contributed by atoms with Crippen LogP contribution in [0.1, 0.15) is 0 Å². The van der Waals surface area contributed by atoms with Gasteiger partial charge in [0.1, 0.15) is 67.1 Å². The first-order valence-corrected chi connectivity index (χ1v) is 34.2. The molecule has 11 N–H and O–H groups in total. The van der Waals surface area contributed by atoms with E-state index in [1.165, 1.54) is 0 Å². The van der Waals surface area contributed by atoms with Crippen LogP contribution < -0.4 is 0 Å². The summed E-state index contributed by atoms with van der Waals surface area (Å²) in [5, 5.41) is 20.5. The van der Waals surface area contributed by atoms with Gasteiger partial charge in [0.15, 0.2) is 62.0 Å². The lowest BCUT2D eigenvalue weighted by molar-refractivity contribution is -0.375. The highest BCUT2D eigenvalue weighted by Gasteiger charge is 2.60. The first-order valence-electron chi connectivity index (χ1n) is 21.9. The number of methoxy groups -OCH3 is 2. The predicted octanol–water partition coefficient (Wildman–Crippen LogP) is -9.52. The molecule has 21 unspecified atom stereocenters. The molecule has 5 heterocycles. The number of ether oxygens (including phenoxy) is 11. The van der Waals surface area contributed by atoms with Crippen molar-refractivity contribution in [1.29, 1.82) is 0 Å². The number of hydrogen-bond donors (Lipinski definition) is 11. The summed E-state index contributed by atoms with van der Waals surface area (Å²) in [6.07, 6.45) is -60.0. The van der Waals surface area contributed by atoms with Gasteiger partial charge in [0.05, 0.1) is 26.4 Å². The van der Waals surface area contributed by atoms with Gasteiger partial charge in [0, 0.05) is 14.2 Å². The third kappa shape index (κ3) is 23.4. The Morgan fingerprint density at radius 1 is 0.322 bits per heavy atom. The Labute approximate surface area is 488 Å². The van der Waals surface area contributed by atoms with Gasteiger partial charge in [-0.1, -0.05) is 0 Å². The van der Waals surface area contributed by atoms with Crippen LogP contribution in [0.2, 0.25) is 0 Å². The summed E-state index contributed by atoms with van der Waals surface area (Å²) in [7, 11) is -53.0. The molecule has 50 nitrogen and oxygen atoms in total. The van der Waals surface area contributed by atoms with E-state index in [4.69, 9.17) is 52.1 Å². The Morgan fingerprint density at radius 2 is 0.586 bits per heavy atom. The molecule has 0 aromatic rings. The van der Waals surface area contributed by atoms with Crippen molar-refractivity contribution in [2.75, 3.05) is 40.6 Å². The topological polar surface area (TPSA) is 731 Å². The molecule has 5 aliphatic heterocycles. The largest absolute Gasteiger partial charge is 0.479 e. The van der Waals surface area contributed by atoms with Crippen LogP contribution in [0.3, 0.4) is 0 Å². The molecule has 5 aliphatic rings. The fourth-order valence-corrected chi connectivity index (χ4v) is 12.8. The highest BCUT2D eigenvalue weighted by atomic mass is 32.3. The highest BCUT2D eigenvalue weighted by Crippen LogP contribution is 2.39. The molecule has 87 heavy (non-hydrogen) atoms. The molecule has 5 saturated heterocycles. The minimum atomic E-state index is -6.32. The summed E-state index contributed by atoms with van der Waals surface area (Å²) in [5.41, 5.74) is 0. The third-order valence-corrected chi connectivity index (χ3v) is 15.4. The molecule has 0 aliphatic carbocycles. The maximum atomic E-state index is 12.8. The standard InChI is InChI=1S/C28H46O50S9/c1-59-7-3-62-26(20(76-85(50,51)52)11(7)70-79(32,33)34)67-10-6-64-27(21(77-86(53,54)55)14(10)73-82(41,42)43)66-9-5-63-25(65-8-4-61-24(31)18(75-84(47,48)49)12(8)71-80(35,36)37)19(13(9)72-81(38,39)40)69-28-22(78-87(56,57)58)16(74-83(44,45)46)15(60-2)17(68-28)23(29)30/h7-22,24-28,31H,3-6H2,1-2H3,(H,29,30)(H,32,33,34)(H,35,36,37)(H,38,39,40)(H,41,42,43)(H,44,45,46)(H,47,48,49)(H,50,51,52)(H,53,54,55)(H,56,57,58). The van der Waals surface area contributed by atoms with Crippen molar-refractivity contribution in [2.24, 2.45) is 0 Å². The van der Waals surface area contributed by atoms with Crippen LogP contribution in [-0.4, -0.2) is 303 Å². The van der Waals surface area contributed by atoms with Gasteiger partial charge in [0.2, 0.25) is 0 Å². The van der Waals surface area contributed by atoms with Gasteiger partial charge in [0.25, 0.3) is 0 Å². The smallest absolute Gasteiger partial charge is 0.397 e. The average Bonchev–Trinajstić information content (AvgIpc) is 0.833. The minimum absolute atomic E-state index is 0.542.